The summed E-state index contributed by atoms with van der Waals surface area (Å²) >= 11 is 3.38. The molecule has 0 spiro atoms. The summed E-state index contributed by atoms with van der Waals surface area (Å²) in [5, 5.41) is 2.90. The third-order valence-electron chi connectivity index (χ3n) is 5.31. The first-order valence-corrected chi connectivity index (χ1v) is 11.6. The maximum atomic E-state index is 12.6. The minimum atomic E-state index is -0.223. The SMILES string of the molecule is Cc1ccc(OCCCCN2C(=O)COc3ccc(NC(=O)c4cccc(Br)c4)cc32)cc1. The van der Waals surface area contributed by atoms with Crippen molar-refractivity contribution in [3.8, 4) is 11.5 Å². The number of anilines is 2. The summed E-state index contributed by atoms with van der Waals surface area (Å²) in [5.41, 5.74) is 3.00. The van der Waals surface area contributed by atoms with Crippen molar-refractivity contribution in [3.05, 3.63) is 82.3 Å². The van der Waals surface area contributed by atoms with Crippen LogP contribution in [-0.2, 0) is 4.79 Å². The van der Waals surface area contributed by atoms with E-state index in [1.165, 1.54) is 5.56 Å². The third-order valence-corrected chi connectivity index (χ3v) is 5.81. The molecule has 0 saturated heterocycles. The smallest absolute Gasteiger partial charge is 0.265 e. The van der Waals surface area contributed by atoms with Crippen molar-refractivity contribution in [1.29, 1.82) is 0 Å². The fourth-order valence-corrected chi connectivity index (χ4v) is 3.95. The molecule has 1 heterocycles. The first-order valence-electron chi connectivity index (χ1n) is 10.8. The number of nitrogens with one attached hydrogen (secondary N) is 1. The summed E-state index contributed by atoms with van der Waals surface area (Å²) in [6, 6.07) is 20.5. The molecule has 0 atom stereocenters. The molecule has 7 heteroatoms. The van der Waals surface area contributed by atoms with Crippen LogP contribution in [0.25, 0.3) is 0 Å². The van der Waals surface area contributed by atoms with Crippen LogP contribution < -0.4 is 19.7 Å². The molecule has 1 aliphatic rings. The lowest BCUT2D eigenvalue weighted by Gasteiger charge is -2.30. The van der Waals surface area contributed by atoms with Crippen LogP contribution in [0.3, 0.4) is 0 Å². The number of aryl methyl sites for hydroxylation is 1. The second-order valence-corrected chi connectivity index (χ2v) is 8.77. The van der Waals surface area contributed by atoms with Crippen LogP contribution in [0.15, 0.2) is 71.2 Å². The summed E-state index contributed by atoms with van der Waals surface area (Å²) in [4.78, 5) is 26.9. The Labute approximate surface area is 201 Å². The van der Waals surface area contributed by atoms with Gasteiger partial charge in [0, 0.05) is 22.3 Å². The largest absolute Gasteiger partial charge is 0.494 e. The minimum absolute atomic E-state index is 0.0105. The number of ether oxygens (including phenoxy) is 2. The monoisotopic (exact) mass is 508 g/mol. The molecule has 0 saturated carbocycles. The Morgan fingerprint density at radius 1 is 1.09 bits per heavy atom. The standard InChI is InChI=1S/C26H25BrN2O4/c1-18-7-10-22(11-8-18)32-14-3-2-13-29-23-16-21(9-12-24(23)33-17-25(29)30)28-26(31)19-5-4-6-20(27)15-19/h4-12,15-16H,2-3,13-14,17H2,1H3,(H,28,31). The average Bonchev–Trinajstić information content (AvgIpc) is 2.81. The fourth-order valence-electron chi connectivity index (χ4n) is 3.55. The zero-order valence-electron chi connectivity index (χ0n) is 18.3. The van der Waals surface area contributed by atoms with E-state index in [-0.39, 0.29) is 18.4 Å². The number of carbonyl (C=O) groups is 2. The number of halogens is 1. The van der Waals surface area contributed by atoms with Gasteiger partial charge in [0.1, 0.15) is 11.5 Å². The molecule has 0 radical (unpaired) electrons. The van der Waals surface area contributed by atoms with E-state index in [4.69, 9.17) is 9.47 Å². The lowest BCUT2D eigenvalue weighted by atomic mass is 10.1. The molecule has 2 amide bonds. The lowest BCUT2D eigenvalue weighted by molar-refractivity contribution is -0.121. The van der Waals surface area contributed by atoms with E-state index in [9.17, 15) is 9.59 Å². The highest BCUT2D eigenvalue weighted by Crippen LogP contribution is 2.35. The minimum Gasteiger partial charge on any atom is -0.494 e. The quantitative estimate of drug-likeness (QED) is 0.402. The number of fused-ring (bicyclic) bond motifs is 1. The molecule has 1 aliphatic heterocycles. The van der Waals surface area contributed by atoms with Crippen molar-refractivity contribution in [3.63, 3.8) is 0 Å². The summed E-state index contributed by atoms with van der Waals surface area (Å²) in [7, 11) is 0. The second kappa shape index (κ2) is 10.5. The fraction of sp³-hybridized carbons (Fsp3) is 0.231. The van der Waals surface area contributed by atoms with Crippen LogP contribution >= 0.6 is 15.9 Å². The molecule has 6 nitrogen and oxygen atoms in total. The number of nitrogens with zero attached hydrogens (tertiary/aromatic N) is 1. The molecule has 0 fully saturated rings. The van der Waals surface area contributed by atoms with Crippen molar-refractivity contribution in [2.24, 2.45) is 0 Å². The van der Waals surface area contributed by atoms with Crippen molar-refractivity contribution >= 4 is 39.1 Å². The van der Waals surface area contributed by atoms with Gasteiger partial charge >= 0.3 is 0 Å². The molecule has 1 N–H and O–H groups in total. The predicted molar refractivity (Wildman–Crippen MR) is 132 cm³/mol. The molecule has 0 aromatic heterocycles. The zero-order chi connectivity index (χ0) is 23.2. The number of benzene rings is 3. The van der Waals surface area contributed by atoms with Gasteiger partial charge in [0.05, 0.1) is 12.3 Å². The summed E-state index contributed by atoms with van der Waals surface area (Å²) < 4.78 is 12.2. The Bertz CT molecular complexity index is 1150. The van der Waals surface area contributed by atoms with E-state index in [0.717, 1.165) is 23.1 Å². The molecular weight excluding hydrogens is 484 g/mol. The Kier molecular flexibility index (Phi) is 7.29. The van der Waals surface area contributed by atoms with Gasteiger partial charge in [0.2, 0.25) is 0 Å². The summed E-state index contributed by atoms with van der Waals surface area (Å²) in [6.07, 6.45) is 1.60. The van der Waals surface area contributed by atoms with Gasteiger partial charge in [0.15, 0.2) is 6.61 Å². The van der Waals surface area contributed by atoms with Crippen molar-refractivity contribution in [1.82, 2.24) is 0 Å². The number of carbonyl (C=O) groups excluding carboxylic acids is 2. The molecule has 33 heavy (non-hydrogen) atoms. The van der Waals surface area contributed by atoms with Crippen molar-refractivity contribution in [2.75, 3.05) is 30.0 Å². The van der Waals surface area contributed by atoms with Crippen LogP contribution in [0.2, 0.25) is 0 Å². The first kappa shape index (κ1) is 22.9. The molecule has 3 aromatic rings. The van der Waals surface area contributed by atoms with E-state index in [0.29, 0.717) is 35.8 Å². The topological polar surface area (TPSA) is 67.9 Å². The van der Waals surface area contributed by atoms with Crippen LogP contribution in [0.4, 0.5) is 11.4 Å². The molecule has 0 unspecified atom stereocenters. The Balaban J connectivity index is 1.37. The van der Waals surface area contributed by atoms with E-state index in [1.807, 2.05) is 43.3 Å². The van der Waals surface area contributed by atoms with Crippen LogP contribution in [0.5, 0.6) is 11.5 Å². The highest BCUT2D eigenvalue weighted by molar-refractivity contribution is 9.10. The molecule has 3 aromatic carbocycles. The van der Waals surface area contributed by atoms with Gasteiger partial charge in [-0.1, -0.05) is 39.7 Å². The summed E-state index contributed by atoms with van der Waals surface area (Å²) in [6.45, 7) is 3.18. The van der Waals surface area contributed by atoms with Gasteiger partial charge in [-0.2, -0.15) is 0 Å². The maximum absolute atomic E-state index is 12.6. The van der Waals surface area contributed by atoms with E-state index in [2.05, 4.69) is 21.2 Å². The lowest BCUT2D eigenvalue weighted by Crippen LogP contribution is -2.39. The van der Waals surface area contributed by atoms with Crippen LogP contribution in [0, 0.1) is 6.92 Å². The van der Waals surface area contributed by atoms with Gasteiger partial charge in [-0.15, -0.1) is 0 Å². The van der Waals surface area contributed by atoms with Gasteiger partial charge in [-0.05, 0) is 68.3 Å². The molecule has 0 bridgehead atoms. The summed E-state index contributed by atoms with van der Waals surface area (Å²) in [5.74, 6) is 1.15. The molecular formula is C26H25BrN2O4. The molecule has 0 aliphatic carbocycles. The zero-order valence-corrected chi connectivity index (χ0v) is 19.9. The van der Waals surface area contributed by atoms with Gasteiger partial charge in [-0.25, -0.2) is 0 Å². The maximum Gasteiger partial charge on any atom is 0.265 e. The van der Waals surface area contributed by atoms with Gasteiger partial charge in [0.25, 0.3) is 11.8 Å². The number of rotatable bonds is 8. The van der Waals surface area contributed by atoms with Crippen molar-refractivity contribution < 1.29 is 19.1 Å². The molecule has 170 valence electrons. The van der Waals surface area contributed by atoms with Crippen LogP contribution in [-0.4, -0.2) is 31.6 Å². The normalized spacial score (nSPS) is 12.7. The highest BCUT2D eigenvalue weighted by Gasteiger charge is 2.25. The van der Waals surface area contributed by atoms with Gasteiger partial charge in [-0.3, -0.25) is 9.59 Å². The van der Waals surface area contributed by atoms with Gasteiger partial charge < -0.3 is 19.7 Å². The van der Waals surface area contributed by atoms with E-state index in [1.54, 1.807) is 35.2 Å². The number of hydrogen-bond acceptors (Lipinski definition) is 4. The number of amides is 2. The van der Waals surface area contributed by atoms with E-state index < -0.39 is 0 Å². The Morgan fingerprint density at radius 2 is 1.91 bits per heavy atom. The highest BCUT2D eigenvalue weighted by atomic mass is 79.9. The van der Waals surface area contributed by atoms with E-state index >= 15 is 0 Å². The van der Waals surface area contributed by atoms with Crippen molar-refractivity contribution in [2.45, 2.75) is 19.8 Å². The first-order chi connectivity index (χ1) is 16.0. The Morgan fingerprint density at radius 3 is 2.70 bits per heavy atom. The Hall–Kier alpha value is -3.32. The third kappa shape index (κ3) is 5.93. The average molecular weight is 509 g/mol. The number of unbranched alkanes of at least 4 members (excludes halogenated alkanes) is 1. The molecule has 4 rings (SSSR count). The van der Waals surface area contributed by atoms with Crippen LogP contribution in [0.1, 0.15) is 28.8 Å². The number of hydrogen-bond donors (Lipinski definition) is 1. The predicted octanol–water partition coefficient (Wildman–Crippen LogP) is 5.59. The second-order valence-electron chi connectivity index (χ2n) is 7.85.